The molecule has 2 aromatic rings. The lowest BCUT2D eigenvalue weighted by molar-refractivity contribution is 0.0762. The summed E-state index contributed by atoms with van der Waals surface area (Å²) >= 11 is 0. The Labute approximate surface area is 142 Å². The third kappa shape index (κ3) is 2.88. The lowest BCUT2D eigenvalue weighted by atomic mass is 9.77. The number of hydrogen-bond acceptors (Lipinski definition) is 3. The second-order valence-electron chi connectivity index (χ2n) is 7.21. The Hall–Kier alpha value is -2.01. The quantitative estimate of drug-likeness (QED) is 0.939. The van der Waals surface area contributed by atoms with Gasteiger partial charge in [0.05, 0.1) is 12.8 Å². The number of fused-ring (bicyclic) bond motifs is 1. The second-order valence-corrected chi connectivity index (χ2v) is 7.21. The molecule has 5 nitrogen and oxygen atoms in total. The Kier molecular flexibility index (Phi) is 4.19. The number of amides is 1. The van der Waals surface area contributed by atoms with Crippen LogP contribution in [-0.4, -0.2) is 46.9 Å². The Morgan fingerprint density at radius 3 is 3.00 bits per heavy atom. The van der Waals surface area contributed by atoms with Crippen LogP contribution in [0.2, 0.25) is 0 Å². The van der Waals surface area contributed by atoms with Gasteiger partial charge in [0.15, 0.2) is 0 Å². The molecule has 1 N–H and O–H groups in total. The van der Waals surface area contributed by atoms with Gasteiger partial charge in [-0.15, -0.1) is 0 Å². The highest BCUT2D eigenvalue weighted by Gasteiger charge is 2.43. The van der Waals surface area contributed by atoms with Crippen molar-refractivity contribution in [2.24, 2.45) is 11.8 Å². The van der Waals surface area contributed by atoms with Crippen molar-refractivity contribution in [3.8, 4) is 0 Å². The third-order valence-corrected chi connectivity index (χ3v) is 5.73. The Morgan fingerprint density at radius 1 is 1.33 bits per heavy atom. The predicted molar refractivity (Wildman–Crippen MR) is 91.5 cm³/mol. The summed E-state index contributed by atoms with van der Waals surface area (Å²) in [4.78, 5) is 20.2. The van der Waals surface area contributed by atoms with E-state index in [1.807, 2.05) is 35.4 Å². The molecule has 24 heavy (non-hydrogen) atoms. The molecule has 128 valence electrons. The normalized spacial score (nSPS) is 26.8. The van der Waals surface area contributed by atoms with Crippen LogP contribution in [0.15, 0.2) is 41.1 Å². The first-order valence-electron chi connectivity index (χ1n) is 8.87. The molecule has 2 aliphatic rings. The minimum absolute atomic E-state index is 0.141. The molecule has 1 amide bonds. The van der Waals surface area contributed by atoms with Crippen LogP contribution in [0.4, 0.5) is 0 Å². The van der Waals surface area contributed by atoms with Crippen molar-refractivity contribution in [3.63, 3.8) is 0 Å². The molecule has 0 radical (unpaired) electrons. The van der Waals surface area contributed by atoms with Gasteiger partial charge in [-0.1, -0.05) is 6.42 Å². The van der Waals surface area contributed by atoms with Crippen molar-refractivity contribution in [1.29, 1.82) is 0 Å². The summed E-state index contributed by atoms with van der Waals surface area (Å²) in [5, 5.41) is 0. The van der Waals surface area contributed by atoms with Crippen LogP contribution in [0.1, 0.15) is 35.5 Å². The average molecular weight is 327 g/mol. The first kappa shape index (κ1) is 15.5. The van der Waals surface area contributed by atoms with Gasteiger partial charge in [0, 0.05) is 25.3 Å². The number of likely N-dealkylation sites (tertiary alicyclic amines) is 1. The van der Waals surface area contributed by atoms with Crippen LogP contribution in [-0.2, 0) is 6.54 Å². The van der Waals surface area contributed by atoms with Gasteiger partial charge in [0.1, 0.15) is 11.5 Å². The average Bonchev–Trinajstić information content (AvgIpc) is 3.33. The number of carbonyl (C=O) groups is 1. The molecule has 4 rings (SSSR count). The maximum atomic E-state index is 12.7. The van der Waals surface area contributed by atoms with Crippen LogP contribution < -0.4 is 0 Å². The van der Waals surface area contributed by atoms with Crippen molar-refractivity contribution < 1.29 is 9.21 Å². The van der Waals surface area contributed by atoms with Gasteiger partial charge in [0.25, 0.3) is 5.91 Å². The smallest absolute Gasteiger partial charge is 0.270 e. The Morgan fingerprint density at radius 2 is 2.25 bits per heavy atom. The molecule has 3 atom stereocenters. The van der Waals surface area contributed by atoms with Crippen LogP contribution >= 0.6 is 0 Å². The lowest BCUT2D eigenvalue weighted by Crippen LogP contribution is -2.43. The topological polar surface area (TPSA) is 52.5 Å². The molecule has 3 heterocycles. The molecule has 0 bridgehead atoms. The zero-order chi connectivity index (χ0) is 16.5. The fourth-order valence-corrected chi connectivity index (χ4v) is 4.55. The van der Waals surface area contributed by atoms with Crippen molar-refractivity contribution in [2.45, 2.75) is 31.8 Å². The minimum atomic E-state index is 0.141. The summed E-state index contributed by atoms with van der Waals surface area (Å²) in [5.41, 5.74) is 0.703. The molecule has 1 saturated heterocycles. The van der Waals surface area contributed by atoms with E-state index in [4.69, 9.17) is 4.42 Å². The number of furan rings is 1. The van der Waals surface area contributed by atoms with Crippen LogP contribution in [0, 0.1) is 11.8 Å². The van der Waals surface area contributed by atoms with Gasteiger partial charge < -0.3 is 14.3 Å². The Bertz CT molecular complexity index is 665. The highest BCUT2D eigenvalue weighted by Crippen LogP contribution is 2.39. The van der Waals surface area contributed by atoms with Gasteiger partial charge in [-0.05, 0) is 56.0 Å². The van der Waals surface area contributed by atoms with E-state index in [1.165, 1.54) is 19.3 Å². The highest BCUT2D eigenvalue weighted by molar-refractivity contribution is 5.92. The van der Waals surface area contributed by atoms with E-state index in [0.29, 0.717) is 23.6 Å². The predicted octanol–water partition coefficient (Wildman–Crippen LogP) is 2.98. The molecule has 1 aliphatic carbocycles. The van der Waals surface area contributed by atoms with E-state index in [1.54, 1.807) is 6.26 Å². The van der Waals surface area contributed by atoms with E-state index in [2.05, 4.69) is 16.9 Å². The highest BCUT2D eigenvalue weighted by atomic mass is 16.3. The summed E-state index contributed by atoms with van der Waals surface area (Å²) in [6.07, 6.45) is 7.25. The molecule has 1 saturated carbocycles. The second kappa shape index (κ2) is 6.48. The number of aromatic amines is 1. The molecule has 5 heteroatoms. The summed E-state index contributed by atoms with van der Waals surface area (Å²) < 4.78 is 5.50. The first-order chi connectivity index (χ1) is 11.7. The largest absolute Gasteiger partial charge is 0.468 e. The monoisotopic (exact) mass is 327 g/mol. The zero-order valence-corrected chi connectivity index (χ0v) is 14.1. The third-order valence-electron chi connectivity index (χ3n) is 5.73. The van der Waals surface area contributed by atoms with E-state index < -0.39 is 0 Å². The number of aromatic nitrogens is 1. The van der Waals surface area contributed by atoms with Gasteiger partial charge in [0.2, 0.25) is 0 Å². The minimum Gasteiger partial charge on any atom is -0.468 e. The molecule has 1 aliphatic heterocycles. The van der Waals surface area contributed by atoms with Gasteiger partial charge in [-0.2, -0.15) is 0 Å². The molecule has 2 aromatic heterocycles. The molecule has 0 aromatic carbocycles. The summed E-state index contributed by atoms with van der Waals surface area (Å²) in [7, 11) is 2.19. The number of H-pyrrole nitrogens is 1. The van der Waals surface area contributed by atoms with E-state index >= 15 is 0 Å². The Balaban J connectivity index is 1.45. The number of nitrogens with zero attached hydrogens (tertiary/aromatic N) is 2. The summed E-state index contributed by atoms with van der Waals surface area (Å²) in [6.45, 7) is 2.61. The van der Waals surface area contributed by atoms with Crippen LogP contribution in [0.25, 0.3) is 0 Å². The zero-order valence-electron chi connectivity index (χ0n) is 14.1. The molecular weight excluding hydrogens is 302 g/mol. The van der Waals surface area contributed by atoms with Crippen molar-refractivity contribution in [2.75, 3.05) is 20.1 Å². The number of rotatable bonds is 4. The molecular formula is C19H25N3O2. The van der Waals surface area contributed by atoms with Crippen LogP contribution in [0.5, 0.6) is 0 Å². The maximum absolute atomic E-state index is 12.7. The van der Waals surface area contributed by atoms with Crippen LogP contribution in [0.3, 0.4) is 0 Å². The van der Waals surface area contributed by atoms with Gasteiger partial charge in [-0.3, -0.25) is 9.69 Å². The summed E-state index contributed by atoms with van der Waals surface area (Å²) in [6, 6.07) is 8.25. The number of hydrogen-bond donors (Lipinski definition) is 1. The number of nitrogens with one attached hydrogen (secondary N) is 1. The van der Waals surface area contributed by atoms with Crippen molar-refractivity contribution in [3.05, 3.63) is 48.2 Å². The fraction of sp³-hybridized carbons (Fsp3) is 0.526. The lowest BCUT2D eigenvalue weighted by Gasteiger charge is -2.38. The fourth-order valence-electron chi connectivity index (χ4n) is 4.55. The van der Waals surface area contributed by atoms with Crippen molar-refractivity contribution in [1.82, 2.24) is 14.8 Å². The number of carbonyl (C=O) groups excluding carboxylic acids is 1. The van der Waals surface area contributed by atoms with Gasteiger partial charge in [-0.25, -0.2) is 0 Å². The summed E-state index contributed by atoms with van der Waals surface area (Å²) in [5.74, 6) is 2.35. The van der Waals surface area contributed by atoms with Crippen molar-refractivity contribution >= 4 is 5.91 Å². The standard InChI is InChI=1S/C19H25N3O2/c1-21(12-15-6-4-10-24-15)18-8-2-5-14-11-22(13-16(14)18)19(23)17-7-3-9-20-17/h3-4,6-7,9-10,14,16,18,20H,2,5,8,11-13H2,1H3. The molecule has 2 fully saturated rings. The van der Waals surface area contributed by atoms with E-state index in [9.17, 15) is 4.79 Å². The maximum Gasteiger partial charge on any atom is 0.270 e. The molecule has 0 spiro atoms. The molecule has 3 unspecified atom stereocenters. The van der Waals surface area contributed by atoms with E-state index in [0.717, 1.165) is 25.4 Å². The van der Waals surface area contributed by atoms with Gasteiger partial charge >= 0.3 is 0 Å². The van der Waals surface area contributed by atoms with E-state index in [-0.39, 0.29) is 5.91 Å². The first-order valence-corrected chi connectivity index (χ1v) is 8.87. The SMILES string of the molecule is CN(Cc1ccco1)C1CCCC2CN(C(=O)c3ccc[nH]3)CC21.